The van der Waals surface area contributed by atoms with Gasteiger partial charge in [-0.25, -0.2) is 9.78 Å². The van der Waals surface area contributed by atoms with Crippen LogP contribution in [0.2, 0.25) is 0 Å². The minimum absolute atomic E-state index is 0.0409. The molecular weight excluding hydrogens is 244 g/mol. The van der Waals surface area contributed by atoms with Gasteiger partial charge in [-0.1, -0.05) is 24.3 Å². The van der Waals surface area contributed by atoms with Crippen LogP contribution in [0.15, 0.2) is 36.8 Å². The van der Waals surface area contributed by atoms with E-state index in [0.717, 1.165) is 6.42 Å². The normalized spacial score (nSPS) is 18.0. The molecule has 5 nitrogen and oxygen atoms in total. The number of carbonyl (C=O) groups is 1. The van der Waals surface area contributed by atoms with Gasteiger partial charge in [0.2, 0.25) is 0 Å². The molecular formula is C14H14N2O3. The van der Waals surface area contributed by atoms with E-state index in [9.17, 15) is 4.79 Å². The molecule has 0 spiro atoms. The first-order chi connectivity index (χ1) is 9.24. The van der Waals surface area contributed by atoms with Crippen LogP contribution in [-0.4, -0.2) is 27.2 Å². The Labute approximate surface area is 110 Å². The molecule has 0 saturated carbocycles. The van der Waals surface area contributed by atoms with Crippen LogP contribution < -0.4 is 0 Å². The maximum Gasteiger partial charge on any atom is 0.356 e. The molecule has 1 aromatic heterocycles. The number of nitrogens with zero attached hydrogens (tertiary/aromatic N) is 2. The van der Waals surface area contributed by atoms with Gasteiger partial charge >= 0.3 is 5.97 Å². The molecule has 1 aliphatic rings. The lowest BCUT2D eigenvalue weighted by Crippen LogP contribution is -2.20. The number of hydrogen-bond acceptors (Lipinski definition) is 3. The summed E-state index contributed by atoms with van der Waals surface area (Å²) in [5.74, 6) is -1.01. The van der Waals surface area contributed by atoms with Crippen molar-refractivity contribution in [2.45, 2.75) is 19.1 Å². The lowest BCUT2D eigenvalue weighted by atomic mass is 9.97. The number of aromatic carboxylic acids is 1. The summed E-state index contributed by atoms with van der Waals surface area (Å²) in [6, 6.07) is 8.20. The van der Waals surface area contributed by atoms with Gasteiger partial charge in [0.15, 0.2) is 5.69 Å². The molecule has 1 aliphatic heterocycles. The predicted octanol–water partition coefficient (Wildman–Crippen LogP) is 1.90. The van der Waals surface area contributed by atoms with Gasteiger partial charge in [0.1, 0.15) is 6.10 Å². The monoisotopic (exact) mass is 258 g/mol. The number of ether oxygens (including phenoxy) is 1. The third-order valence-electron chi connectivity index (χ3n) is 3.32. The van der Waals surface area contributed by atoms with E-state index in [1.807, 2.05) is 12.1 Å². The number of hydrogen-bond donors (Lipinski definition) is 1. The molecule has 2 aromatic rings. The third kappa shape index (κ3) is 2.37. The van der Waals surface area contributed by atoms with Gasteiger partial charge in [0.25, 0.3) is 0 Å². The Morgan fingerprint density at radius 2 is 2.32 bits per heavy atom. The quantitative estimate of drug-likeness (QED) is 0.913. The summed E-state index contributed by atoms with van der Waals surface area (Å²) in [5, 5.41) is 8.85. The number of carboxylic acids is 1. The highest BCUT2D eigenvalue weighted by Crippen LogP contribution is 2.28. The van der Waals surface area contributed by atoms with Crippen LogP contribution in [0.5, 0.6) is 0 Å². The van der Waals surface area contributed by atoms with Gasteiger partial charge in [0, 0.05) is 6.20 Å². The van der Waals surface area contributed by atoms with Crippen LogP contribution in [0.4, 0.5) is 0 Å². The number of rotatable bonds is 3. The Hall–Kier alpha value is -2.14. The molecule has 1 N–H and O–H groups in total. The Morgan fingerprint density at radius 1 is 1.47 bits per heavy atom. The van der Waals surface area contributed by atoms with Crippen LogP contribution in [0.1, 0.15) is 27.7 Å². The SMILES string of the molecule is O=C(O)c1cn(CC2OCCc3ccccc32)cn1. The Kier molecular flexibility index (Phi) is 3.05. The fourth-order valence-electron chi connectivity index (χ4n) is 2.39. The van der Waals surface area contributed by atoms with E-state index in [2.05, 4.69) is 17.1 Å². The van der Waals surface area contributed by atoms with Gasteiger partial charge in [0.05, 0.1) is 19.5 Å². The van der Waals surface area contributed by atoms with Crippen molar-refractivity contribution in [1.82, 2.24) is 9.55 Å². The van der Waals surface area contributed by atoms with Crippen molar-refractivity contribution in [1.29, 1.82) is 0 Å². The summed E-state index contributed by atoms with van der Waals surface area (Å²) in [5.41, 5.74) is 2.54. The topological polar surface area (TPSA) is 64.3 Å². The van der Waals surface area contributed by atoms with Crippen molar-refractivity contribution >= 4 is 5.97 Å². The summed E-state index contributed by atoms with van der Waals surface area (Å²) >= 11 is 0. The van der Waals surface area contributed by atoms with Gasteiger partial charge in [-0.3, -0.25) is 0 Å². The highest BCUT2D eigenvalue weighted by molar-refractivity contribution is 5.84. The van der Waals surface area contributed by atoms with Crippen LogP contribution in [0.3, 0.4) is 0 Å². The molecule has 98 valence electrons. The van der Waals surface area contributed by atoms with Crippen molar-refractivity contribution in [3.63, 3.8) is 0 Å². The summed E-state index contributed by atoms with van der Waals surface area (Å²) in [7, 11) is 0. The Bertz CT molecular complexity index is 606. The molecule has 1 unspecified atom stereocenters. The maximum atomic E-state index is 10.8. The molecule has 3 rings (SSSR count). The molecule has 0 fully saturated rings. The zero-order chi connectivity index (χ0) is 13.2. The lowest BCUT2D eigenvalue weighted by molar-refractivity contribution is 0.0305. The lowest BCUT2D eigenvalue weighted by Gasteiger charge is -2.26. The van der Waals surface area contributed by atoms with Crippen molar-refractivity contribution in [2.75, 3.05) is 6.61 Å². The molecule has 0 amide bonds. The molecule has 0 bridgehead atoms. The summed E-state index contributed by atoms with van der Waals surface area (Å²) < 4.78 is 7.54. The largest absolute Gasteiger partial charge is 0.476 e. The molecule has 1 aromatic carbocycles. The fourth-order valence-corrected chi connectivity index (χ4v) is 2.39. The van der Waals surface area contributed by atoms with Crippen molar-refractivity contribution in [3.8, 4) is 0 Å². The highest BCUT2D eigenvalue weighted by Gasteiger charge is 2.21. The number of imidazole rings is 1. The first kappa shape index (κ1) is 11.9. The zero-order valence-electron chi connectivity index (χ0n) is 10.3. The summed E-state index contributed by atoms with van der Waals surface area (Å²) in [4.78, 5) is 14.6. The zero-order valence-corrected chi connectivity index (χ0v) is 10.3. The van der Waals surface area contributed by atoms with Gasteiger partial charge < -0.3 is 14.4 Å². The molecule has 1 atom stereocenters. The molecule has 5 heteroatoms. The summed E-state index contributed by atoms with van der Waals surface area (Å²) in [6.07, 6.45) is 3.95. The smallest absolute Gasteiger partial charge is 0.356 e. The highest BCUT2D eigenvalue weighted by atomic mass is 16.5. The van der Waals surface area contributed by atoms with E-state index in [0.29, 0.717) is 13.2 Å². The predicted molar refractivity (Wildman–Crippen MR) is 68.0 cm³/mol. The van der Waals surface area contributed by atoms with Crippen LogP contribution in [0.25, 0.3) is 0 Å². The van der Waals surface area contributed by atoms with Crippen LogP contribution >= 0.6 is 0 Å². The van der Waals surface area contributed by atoms with E-state index in [4.69, 9.17) is 9.84 Å². The van der Waals surface area contributed by atoms with Crippen LogP contribution in [0, 0.1) is 0 Å². The third-order valence-corrected chi connectivity index (χ3v) is 3.32. The average molecular weight is 258 g/mol. The standard InChI is InChI=1S/C14H14N2O3/c17-14(18)12-7-16(9-15-12)8-13-11-4-2-1-3-10(11)5-6-19-13/h1-4,7,9,13H,5-6,8H2,(H,17,18). The van der Waals surface area contributed by atoms with Gasteiger partial charge in [-0.2, -0.15) is 0 Å². The van der Waals surface area contributed by atoms with Gasteiger partial charge in [-0.15, -0.1) is 0 Å². The van der Waals surface area contributed by atoms with Gasteiger partial charge in [-0.05, 0) is 17.5 Å². The molecule has 0 radical (unpaired) electrons. The Balaban J connectivity index is 1.82. The first-order valence-corrected chi connectivity index (χ1v) is 6.18. The average Bonchev–Trinajstić information content (AvgIpc) is 2.88. The first-order valence-electron chi connectivity index (χ1n) is 6.18. The van der Waals surface area contributed by atoms with E-state index in [-0.39, 0.29) is 11.8 Å². The minimum atomic E-state index is -1.01. The van der Waals surface area contributed by atoms with E-state index < -0.39 is 5.97 Å². The molecule has 0 saturated heterocycles. The van der Waals surface area contributed by atoms with Crippen molar-refractivity contribution in [3.05, 3.63) is 53.6 Å². The summed E-state index contributed by atoms with van der Waals surface area (Å²) in [6.45, 7) is 1.28. The second kappa shape index (κ2) is 4.85. The second-order valence-electron chi connectivity index (χ2n) is 4.57. The van der Waals surface area contributed by atoms with Crippen molar-refractivity contribution in [2.24, 2.45) is 0 Å². The van der Waals surface area contributed by atoms with Crippen molar-refractivity contribution < 1.29 is 14.6 Å². The van der Waals surface area contributed by atoms with Crippen LogP contribution in [-0.2, 0) is 17.7 Å². The Morgan fingerprint density at radius 3 is 3.11 bits per heavy atom. The molecule has 2 heterocycles. The number of aromatic nitrogens is 2. The van der Waals surface area contributed by atoms with E-state index in [1.165, 1.54) is 23.7 Å². The van der Waals surface area contributed by atoms with E-state index in [1.54, 1.807) is 4.57 Å². The number of carboxylic acid groups (broad SMARTS) is 1. The number of fused-ring (bicyclic) bond motifs is 1. The number of benzene rings is 1. The molecule has 0 aliphatic carbocycles. The molecule has 19 heavy (non-hydrogen) atoms. The fraction of sp³-hybridized carbons (Fsp3) is 0.286. The van der Waals surface area contributed by atoms with E-state index >= 15 is 0 Å². The second-order valence-corrected chi connectivity index (χ2v) is 4.57. The maximum absolute atomic E-state index is 10.8. The minimum Gasteiger partial charge on any atom is -0.476 e.